The van der Waals surface area contributed by atoms with E-state index in [1.807, 2.05) is 0 Å². The topological polar surface area (TPSA) is 116 Å². The molecule has 2 atom stereocenters. The van der Waals surface area contributed by atoms with Crippen LogP contribution in [0.2, 0.25) is 0 Å². The van der Waals surface area contributed by atoms with Crippen LogP contribution in [0.1, 0.15) is 34.6 Å². The summed E-state index contributed by atoms with van der Waals surface area (Å²) in [4.78, 5) is 49.0. The number of aliphatic carboxylic acids is 1. The van der Waals surface area contributed by atoms with Crippen LogP contribution >= 0.6 is 11.8 Å². The van der Waals surface area contributed by atoms with Crippen molar-refractivity contribution in [2.45, 2.75) is 30.1 Å². The van der Waals surface area contributed by atoms with Gasteiger partial charge in [-0.2, -0.15) is 0 Å². The summed E-state index contributed by atoms with van der Waals surface area (Å²) < 4.78 is 4.69. The summed E-state index contributed by atoms with van der Waals surface area (Å²) in [6.07, 6.45) is -0.698. The number of rotatable bonds is 3. The molecule has 1 saturated heterocycles. The number of carbonyl (C=O) groups is 4. The summed E-state index contributed by atoms with van der Waals surface area (Å²) >= 11 is 1.11. The van der Waals surface area contributed by atoms with E-state index in [1.54, 1.807) is 26.0 Å². The molecule has 138 valence electrons. The van der Waals surface area contributed by atoms with Gasteiger partial charge >= 0.3 is 12.1 Å². The van der Waals surface area contributed by atoms with Gasteiger partial charge in [0.15, 0.2) is 6.04 Å². The maximum atomic E-state index is 12.6. The number of hydrogen-bond acceptors (Lipinski definition) is 7. The molecule has 1 aromatic carbocycles. The van der Waals surface area contributed by atoms with E-state index in [0.717, 1.165) is 21.7 Å². The van der Waals surface area contributed by atoms with Gasteiger partial charge < -0.3 is 9.84 Å². The number of ether oxygens (including phenoxy) is 1. The van der Waals surface area contributed by atoms with E-state index in [-0.39, 0.29) is 11.1 Å². The lowest BCUT2D eigenvalue weighted by molar-refractivity contribution is -0.142. The van der Waals surface area contributed by atoms with Crippen molar-refractivity contribution in [1.29, 1.82) is 0 Å². The lowest BCUT2D eigenvalue weighted by Gasteiger charge is -2.27. The minimum Gasteiger partial charge on any atom is -0.480 e. The van der Waals surface area contributed by atoms with Crippen molar-refractivity contribution in [3.8, 4) is 0 Å². The molecule has 0 aliphatic carbocycles. The van der Waals surface area contributed by atoms with E-state index >= 15 is 0 Å². The van der Waals surface area contributed by atoms with Gasteiger partial charge in [-0.3, -0.25) is 14.5 Å². The average Bonchev–Trinajstić information content (AvgIpc) is 3.03. The molecule has 3 amide bonds. The van der Waals surface area contributed by atoms with Crippen LogP contribution in [-0.2, 0) is 9.53 Å². The van der Waals surface area contributed by atoms with Gasteiger partial charge in [-0.15, -0.1) is 11.8 Å². The molecule has 3 rings (SSSR count). The molecule has 1 aromatic rings. The number of amides is 3. The maximum absolute atomic E-state index is 12.6. The highest BCUT2D eigenvalue weighted by Gasteiger charge is 2.53. The zero-order chi connectivity index (χ0) is 19.2. The number of fused-ring (bicyclic) bond motifs is 1. The molecule has 9 nitrogen and oxygen atoms in total. The Morgan fingerprint density at radius 1 is 1.23 bits per heavy atom. The number of nitrogens with zero attached hydrogens (tertiary/aromatic N) is 2. The number of nitrogens with one attached hydrogen (secondary N) is 1. The fourth-order valence-corrected chi connectivity index (χ4v) is 4.39. The van der Waals surface area contributed by atoms with Crippen molar-refractivity contribution in [3.05, 3.63) is 35.4 Å². The fourth-order valence-electron chi connectivity index (χ4n) is 3.01. The zero-order valence-corrected chi connectivity index (χ0v) is 15.1. The predicted molar refractivity (Wildman–Crippen MR) is 91.2 cm³/mol. The lowest BCUT2D eigenvalue weighted by atomic mass is 10.1. The molecular formula is C16H17N3O6S. The Morgan fingerprint density at radius 3 is 2.23 bits per heavy atom. The second kappa shape index (κ2) is 6.29. The summed E-state index contributed by atoms with van der Waals surface area (Å²) in [5.41, 5.74) is 3.08. The van der Waals surface area contributed by atoms with Crippen LogP contribution in [-0.4, -0.2) is 62.3 Å². The van der Waals surface area contributed by atoms with Crippen LogP contribution in [0, 0.1) is 0 Å². The van der Waals surface area contributed by atoms with Crippen molar-refractivity contribution >= 4 is 35.6 Å². The standard InChI is InChI=1S/C16H17N3O6S/c1-16(2)19(15(24)25-3)17-11(26-16)10(14(22)23)18-12(20)8-6-4-5-7-9(8)13(18)21/h4-7,10-11,17H,1-3H3,(H,22,23)/t10-,11-/m0/s1. The number of imide groups is 1. The van der Waals surface area contributed by atoms with E-state index in [4.69, 9.17) is 4.74 Å². The van der Waals surface area contributed by atoms with Crippen LogP contribution in [0.15, 0.2) is 24.3 Å². The molecular weight excluding hydrogens is 362 g/mol. The largest absolute Gasteiger partial charge is 0.480 e. The molecule has 0 unspecified atom stereocenters. The van der Waals surface area contributed by atoms with Crippen LogP contribution < -0.4 is 5.43 Å². The van der Waals surface area contributed by atoms with Gasteiger partial charge in [0.25, 0.3) is 11.8 Å². The van der Waals surface area contributed by atoms with E-state index in [1.165, 1.54) is 19.2 Å². The Kier molecular flexibility index (Phi) is 4.41. The molecule has 2 aliphatic rings. The van der Waals surface area contributed by atoms with E-state index in [9.17, 15) is 24.3 Å². The van der Waals surface area contributed by atoms with Crippen molar-refractivity contribution in [2.24, 2.45) is 0 Å². The number of hydrogen-bond donors (Lipinski definition) is 2. The third-order valence-electron chi connectivity index (χ3n) is 4.21. The smallest absolute Gasteiger partial charge is 0.425 e. The van der Waals surface area contributed by atoms with Crippen LogP contribution in [0.5, 0.6) is 0 Å². The lowest BCUT2D eigenvalue weighted by Crippen LogP contribution is -2.56. The Labute approximate surface area is 153 Å². The van der Waals surface area contributed by atoms with Crippen LogP contribution in [0.25, 0.3) is 0 Å². The van der Waals surface area contributed by atoms with Gasteiger partial charge in [-0.25, -0.2) is 20.0 Å². The van der Waals surface area contributed by atoms with Crippen molar-refractivity contribution in [2.75, 3.05) is 7.11 Å². The van der Waals surface area contributed by atoms with Gasteiger partial charge in [0.05, 0.1) is 18.2 Å². The van der Waals surface area contributed by atoms with Gasteiger partial charge in [0.1, 0.15) is 10.2 Å². The highest BCUT2D eigenvalue weighted by Crippen LogP contribution is 2.40. The Hall–Kier alpha value is -2.59. The first-order valence-electron chi connectivity index (χ1n) is 7.71. The monoisotopic (exact) mass is 379 g/mol. The van der Waals surface area contributed by atoms with E-state index in [2.05, 4.69) is 5.43 Å². The van der Waals surface area contributed by atoms with Crippen LogP contribution in [0.4, 0.5) is 4.79 Å². The van der Waals surface area contributed by atoms with E-state index in [0.29, 0.717) is 0 Å². The van der Waals surface area contributed by atoms with Gasteiger partial charge in [0.2, 0.25) is 0 Å². The Balaban J connectivity index is 1.95. The molecule has 2 aliphatic heterocycles. The van der Waals surface area contributed by atoms with Crippen LogP contribution in [0.3, 0.4) is 0 Å². The third kappa shape index (κ3) is 2.71. The molecule has 0 spiro atoms. The first-order chi connectivity index (χ1) is 12.2. The number of carboxylic acids is 1. The number of hydrazine groups is 1. The molecule has 0 saturated carbocycles. The average molecular weight is 379 g/mol. The van der Waals surface area contributed by atoms with Crippen molar-refractivity contribution < 1.29 is 29.0 Å². The quantitative estimate of drug-likeness (QED) is 0.751. The molecule has 1 fully saturated rings. The minimum atomic E-state index is -1.50. The first kappa shape index (κ1) is 18.2. The number of methoxy groups -OCH3 is 1. The molecule has 26 heavy (non-hydrogen) atoms. The summed E-state index contributed by atoms with van der Waals surface area (Å²) in [7, 11) is 1.21. The molecule has 0 aromatic heterocycles. The number of carboxylic acid groups (broad SMARTS) is 1. The summed E-state index contributed by atoms with van der Waals surface area (Å²) in [5, 5.41) is 9.95. The fraction of sp³-hybridized carbons (Fsp3) is 0.375. The summed E-state index contributed by atoms with van der Waals surface area (Å²) in [6.45, 7) is 3.39. The molecule has 0 bridgehead atoms. The molecule has 2 N–H and O–H groups in total. The highest BCUT2D eigenvalue weighted by atomic mass is 32.2. The SMILES string of the molecule is COC(=O)N1N[C@H]([C@@H](C(=O)O)N2C(=O)c3ccccc3C2=O)SC1(C)C. The molecule has 10 heteroatoms. The summed E-state index contributed by atoms with van der Waals surface area (Å²) in [5.74, 6) is -2.70. The Morgan fingerprint density at radius 2 is 1.77 bits per heavy atom. The molecule has 2 heterocycles. The van der Waals surface area contributed by atoms with E-state index < -0.39 is 40.2 Å². The normalized spacial score (nSPS) is 22.3. The van der Waals surface area contributed by atoms with Gasteiger partial charge in [0, 0.05) is 0 Å². The number of carbonyl (C=O) groups excluding carboxylic acids is 3. The second-order valence-corrected chi connectivity index (χ2v) is 7.97. The minimum absolute atomic E-state index is 0.163. The second-order valence-electron chi connectivity index (χ2n) is 6.23. The summed E-state index contributed by atoms with van der Waals surface area (Å²) in [6, 6.07) is 4.67. The van der Waals surface area contributed by atoms with Crippen molar-refractivity contribution in [1.82, 2.24) is 15.3 Å². The Bertz CT molecular complexity index is 776. The maximum Gasteiger partial charge on any atom is 0.425 e. The predicted octanol–water partition coefficient (Wildman–Crippen LogP) is 1.12. The van der Waals surface area contributed by atoms with Crippen molar-refractivity contribution in [3.63, 3.8) is 0 Å². The third-order valence-corrected chi connectivity index (χ3v) is 5.59. The molecule has 0 radical (unpaired) electrons. The number of thioether (sulfide) groups is 1. The highest BCUT2D eigenvalue weighted by molar-refractivity contribution is 8.01. The van der Waals surface area contributed by atoms with Gasteiger partial charge in [-0.05, 0) is 26.0 Å². The van der Waals surface area contributed by atoms with Gasteiger partial charge in [-0.1, -0.05) is 12.1 Å². The zero-order valence-electron chi connectivity index (χ0n) is 14.3. The first-order valence-corrected chi connectivity index (χ1v) is 8.59. The number of benzene rings is 1.